The van der Waals surface area contributed by atoms with E-state index in [-0.39, 0.29) is 5.60 Å². The summed E-state index contributed by atoms with van der Waals surface area (Å²) >= 11 is 0. The second kappa shape index (κ2) is 8.97. The van der Waals surface area contributed by atoms with Gasteiger partial charge in [-0.15, -0.1) is 0 Å². The molecule has 2 unspecified atom stereocenters. The molecular formula is C16H34O. The van der Waals surface area contributed by atoms with Crippen LogP contribution in [0.4, 0.5) is 0 Å². The van der Waals surface area contributed by atoms with E-state index in [4.69, 9.17) is 4.74 Å². The van der Waals surface area contributed by atoms with Crippen molar-refractivity contribution in [3.8, 4) is 0 Å². The molecule has 0 heterocycles. The maximum Gasteiger partial charge on any atom is 0.0706 e. The first-order valence-corrected chi connectivity index (χ1v) is 7.74. The number of ether oxygens (including phenoxy) is 1. The molecule has 0 N–H and O–H groups in total. The van der Waals surface area contributed by atoms with Crippen LogP contribution in [0.1, 0.15) is 79.6 Å². The summed E-state index contributed by atoms with van der Waals surface area (Å²) in [6.07, 6.45) is 9.43. The van der Waals surface area contributed by atoms with Gasteiger partial charge in [-0.25, -0.2) is 0 Å². The predicted octanol–water partition coefficient (Wildman–Crippen LogP) is 5.43. The van der Waals surface area contributed by atoms with Crippen LogP contribution in [-0.2, 0) is 4.74 Å². The molecule has 1 aliphatic rings. The van der Waals surface area contributed by atoms with E-state index in [9.17, 15) is 0 Å². The highest BCUT2D eigenvalue weighted by atomic mass is 16.5. The Morgan fingerprint density at radius 2 is 1.71 bits per heavy atom. The van der Waals surface area contributed by atoms with E-state index in [1.165, 1.54) is 44.9 Å². The van der Waals surface area contributed by atoms with Gasteiger partial charge in [-0.05, 0) is 38.0 Å². The fourth-order valence-corrected chi connectivity index (χ4v) is 3.41. The Bertz CT molecular complexity index is 172. The lowest BCUT2D eigenvalue weighted by molar-refractivity contribution is -0.0903. The Balaban J connectivity index is 0.00000121. The van der Waals surface area contributed by atoms with E-state index in [0.717, 1.165) is 11.8 Å². The fraction of sp³-hybridized carbons (Fsp3) is 1.00. The molecule has 0 aromatic rings. The number of hydrogen-bond donors (Lipinski definition) is 0. The standard InChI is InChI=1S/C14H28O.C2H6/c1-5-9-12(6-2)14(3,15-4)13-10-7-8-11-13;1-2/h12-13H,5-11H2,1-4H3;1-2H3. The summed E-state index contributed by atoms with van der Waals surface area (Å²) in [5.41, 5.74) is 0.140. The first-order chi connectivity index (χ1) is 8.19. The zero-order valence-corrected chi connectivity index (χ0v) is 13.0. The van der Waals surface area contributed by atoms with Gasteiger partial charge in [0.25, 0.3) is 0 Å². The molecule has 0 saturated heterocycles. The number of methoxy groups -OCH3 is 1. The van der Waals surface area contributed by atoms with E-state index in [0.29, 0.717) is 0 Å². The summed E-state index contributed by atoms with van der Waals surface area (Å²) in [6.45, 7) is 11.0. The highest BCUT2D eigenvalue weighted by molar-refractivity contribution is 4.92. The maximum atomic E-state index is 5.93. The molecule has 0 amide bonds. The van der Waals surface area contributed by atoms with Crippen molar-refractivity contribution in [3.63, 3.8) is 0 Å². The first-order valence-electron chi connectivity index (χ1n) is 7.74. The molecule has 104 valence electrons. The molecule has 0 aromatic carbocycles. The average molecular weight is 242 g/mol. The third-order valence-electron chi connectivity index (χ3n) is 4.55. The molecule has 1 nitrogen and oxygen atoms in total. The zero-order chi connectivity index (χ0) is 13.3. The minimum Gasteiger partial charge on any atom is -0.378 e. The lowest BCUT2D eigenvalue weighted by Gasteiger charge is -2.41. The van der Waals surface area contributed by atoms with E-state index in [2.05, 4.69) is 20.8 Å². The van der Waals surface area contributed by atoms with E-state index in [1.807, 2.05) is 21.0 Å². The minimum atomic E-state index is 0.140. The molecule has 1 aliphatic carbocycles. The average Bonchev–Trinajstić information content (AvgIpc) is 2.92. The topological polar surface area (TPSA) is 9.23 Å². The highest BCUT2D eigenvalue weighted by Crippen LogP contribution is 2.43. The van der Waals surface area contributed by atoms with Gasteiger partial charge in [0, 0.05) is 7.11 Å². The van der Waals surface area contributed by atoms with Crippen molar-refractivity contribution in [2.45, 2.75) is 85.2 Å². The summed E-state index contributed by atoms with van der Waals surface area (Å²) in [4.78, 5) is 0. The molecule has 1 fully saturated rings. The summed E-state index contributed by atoms with van der Waals surface area (Å²) in [5.74, 6) is 1.55. The van der Waals surface area contributed by atoms with Crippen LogP contribution in [0.2, 0.25) is 0 Å². The van der Waals surface area contributed by atoms with Crippen molar-refractivity contribution < 1.29 is 4.74 Å². The van der Waals surface area contributed by atoms with Crippen LogP contribution >= 0.6 is 0 Å². The van der Waals surface area contributed by atoms with Gasteiger partial charge < -0.3 is 4.74 Å². The van der Waals surface area contributed by atoms with Crippen LogP contribution in [0.3, 0.4) is 0 Å². The molecule has 0 radical (unpaired) electrons. The van der Waals surface area contributed by atoms with Crippen LogP contribution in [0.5, 0.6) is 0 Å². The molecule has 1 saturated carbocycles. The van der Waals surface area contributed by atoms with Crippen molar-refractivity contribution >= 4 is 0 Å². The Kier molecular flexibility index (Phi) is 8.94. The van der Waals surface area contributed by atoms with Crippen molar-refractivity contribution in [1.29, 1.82) is 0 Å². The third kappa shape index (κ3) is 4.28. The quantitative estimate of drug-likeness (QED) is 0.603. The molecule has 1 rings (SSSR count). The third-order valence-corrected chi connectivity index (χ3v) is 4.55. The molecular weight excluding hydrogens is 208 g/mol. The second-order valence-corrected chi connectivity index (χ2v) is 5.26. The van der Waals surface area contributed by atoms with Gasteiger partial charge in [-0.1, -0.05) is 53.4 Å². The number of rotatable bonds is 6. The molecule has 0 aliphatic heterocycles. The van der Waals surface area contributed by atoms with Crippen molar-refractivity contribution in [2.75, 3.05) is 7.11 Å². The van der Waals surface area contributed by atoms with Gasteiger partial charge >= 0.3 is 0 Å². The summed E-state index contributed by atoms with van der Waals surface area (Å²) in [6, 6.07) is 0. The Hall–Kier alpha value is -0.0400. The highest BCUT2D eigenvalue weighted by Gasteiger charge is 2.41. The van der Waals surface area contributed by atoms with Crippen LogP contribution in [0.15, 0.2) is 0 Å². The van der Waals surface area contributed by atoms with Gasteiger partial charge in [0.1, 0.15) is 0 Å². The van der Waals surface area contributed by atoms with Gasteiger partial charge in [0.15, 0.2) is 0 Å². The Morgan fingerprint density at radius 3 is 2.06 bits per heavy atom. The van der Waals surface area contributed by atoms with Crippen LogP contribution in [0.25, 0.3) is 0 Å². The predicted molar refractivity (Wildman–Crippen MR) is 77.4 cm³/mol. The van der Waals surface area contributed by atoms with E-state index >= 15 is 0 Å². The van der Waals surface area contributed by atoms with E-state index < -0.39 is 0 Å². The molecule has 2 atom stereocenters. The zero-order valence-electron chi connectivity index (χ0n) is 13.0. The Morgan fingerprint density at radius 1 is 1.18 bits per heavy atom. The van der Waals surface area contributed by atoms with Crippen molar-refractivity contribution in [1.82, 2.24) is 0 Å². The van der Waals surface area contributed by atoms with Gasteiger partial charge in [-0.2, -0.15) is 0 Å². The Labute approximate surface area is 109 Å². The maximum absolute atomic E-state index is 5.93. The van der Waals surface area contributed by atoms with E-state index in [1.54, 1.807) is 0 Å². The molecule has 0 spiro atoms. The monoisotopic (exact) mass is 242 g/mol. The van der Waals surface area contributed by atoms with Crippen LogP contribution in [-0.4, -0.2) is 12.7 Å². The lowest BCUT2D eigenvalue weighted by atomic mass is 9.74. The van der Waals surface area contributed by atoms with Crippen LogP contribution < -0.4 is 0 Å². The fourth-order valence-electron chi connectivity index (χ4n) is 3.41. The van der Waals surface area contributed by atoms with Gasteiger partial charge in [0.05, 0.1) is 5.60 Å². The summed E-state index contributed by atoms with van der Waals surface area (Å²) in [7, 11) is 1.91. The normalized spacial score (nSPS) is 21.5. The van der Waals surface area contributed by atoms with Crippen LogP contribution in [0, 0.1) is 11.8 Å². The largest absolute Gasteiger partial charge is 0.378 e. The van der Waals surface area contributed by atoms with Gasteiger partial charge in [0.2, 0.25) is 0 Å². The van der Waals surface area contributed by atoms with Crippen molar-refractivity contribution in [3.05, 3.63) is 0 Å². The number of hydrogen-bond acceptors (Lipinski definition) is 1. The minimum absolute atomic E-state index is 0.140. The lowest BCUT2D eigenvalue weighted by Crippen LogP contribution is -2.43. The summed E-state index contributed by atoms with van der Waals surface area (Å²) in [5, 5.41) is 0. The first kappa shape index (κ1) is 17.0. The SMILES string of the molecule is CC.CCCC(CC)C(C)(OC)C1CCCC1. The van der Waals surface area contributed by atoms with Crippen molar-refractivity contribution in [2.24, 2.45) is 11.8 Å². The molecule has 0 aromatic heterocycles. The second-order valence-electron chi connectivity index (χ2n) is 5.26. The van der Waals surface area contributed by atoms with Gasteiger partial charge in [-0.3, -0.25) is 0 Å². The molecule has 0 bridgehead atoms. The molecule has 1 heteroatoms. The summed E-state index contributed by atoms with van der Waals surface area (Å²) < 4.78 is 5.93. The smallest absolute Gasteiger partial charge is 0.0706 e. The molecule has 17 heavy (non-hydrogen) atoms.